The maximum absolute atomic E-state index is 14.6. The van der Waals surface area contributed by atoms with Crippen LogP contribution in [0.5, 0.6) is 0 Å². The predicted molar refractivity (Wildman–Crippen MR) is 107 cm³/mol. The van der Waals surface area contributed by atoms with Gasteiger partial charge in [-0.3, -0.25) is 14.5 Å². The molecule has 0 amide bonds. The van der Waals surface area contributed by atoms with E-state index in [2.05, 4.69) is 15.1 Å². The highest BCUT2D eigenvalue weighted by Gasteiger charge is 2.25. The van der Waals surface area contributed by atoms with E-state index in [4.69, 9.17) is 5.11 Å². The number of aromatic nitrogens is 4. The number of fused-ring (bicyclic) bond motifs is 1. The fourth-order valence-corrected chi connectivity index (χ4v) is 3.69. The van der Waals surface area contributed by atoms with E-state index < -0.39 is 24.3 Å². The van der Waals surface area contributed by atoms with Crippen molar-refractivity contribution in [1.29, 1.82) is 0 Å². The molecule has 1 atom stereocenters. The normalized spacial score (nSPS) is 15.8. The second-order valence-electron chi connectivity index (χ2n) is 7.32. The Labute approximate surface area is 170 Å². The zero-order valence-electron chi connectivity index (χ0n) is 16.3. The lowest BCUT2D eigenvalue weighted by atomic mass is 10.1. The van der Waals surface area contributed by atoms with Gasteiger partial charge in [0.25, 0.3) is 5.56 Å². The second kappa shape index (κ2) is 8.00. The molecule has 9 nitrogen and oxygen atoms in total. The molecule has 0 spiro atoms. The summed E-state index contributed by atoms with van der Waals surface area (Å²) in [5.74, 6) is -1.04. The molecule has 1 saturated heterocycles. The Morgan fingerprint density at radius 3 is 2.43 bits per heavy atom. The molecule has 30 heavy (non-hydrogen) atoms. The summed E-state index contributed by atoms with van der Waals surface area (Å²) in [5.41, 5.74) is 0.331. The summed E-state index contributed by atoms with van der Waals surface area (Å²) in [5, 5.41) is 22.8. The topological polar surface area (TPSA) is 111 Å². The molecule has 11 heteroatoms. The molecule has 0 aliphatic carbocycles. The van der Waals surface area contributed by atoms with Crippen LogP contribution < -0.4 is 15.4 Å². The van der Waals surface area contributed by atoms with Crippen molar-refractivity contribution in [2.24, 2.45) is 7.05 Å². The lowest BCUT2D eigenvalue weighted by molar-refractivity contribution is 0.0954. The lowest BCUT2D eigenvalue weighted by Gasteiger charge is -2.36. The third kappa shape index (κ3) is 3.73. The highest BCUT2D eigenvalue weighted by atomic mass is 19.1. The van der Waals surface area contributed by atoms with Crippen molar-refractivity contribution in [1.82, 2.24) is 19.7 Å². The van der Waals surface area contributed by atoms with Gasteiger partial charge in [0.15, 0.2) is 5.65 Å². The largest absolute Gasteiger partial charge is 0.394 e. The minimum Gasteiger partial charge on any atom is -0.394 e. The van der Waals surface area contributed by atoms with Gasteiger partial charge in [-0.1, -0.05) is 0 Å². The molecule has 3 aromatic rings. The third-order valence-corrected chi connectivity index (χ3v) is 5.24. The standard InChI is InChI=1S/C19H22F2N6O3/c1-25-17-13(9-22-25)18(30)24-19(23-17)27-4-2-26(3-5-27)16-14(20)7-11(8-15(16)21)6-12(29)10-28/h7-9,12,28-29H,2-6,10H2,1H3,(H,23,24,30). The van der Waals surface area contributed by atoms with Crippen molar-refractivity contribution in [2.45, 2.75) is 12.5 Å². The van der Waals surface area contributed by atoms with Gasteiger partial charge in [-0.15, -0.1) is 0 Å². The first kappa shape index (κ1) is 20.2. The number of H-pyrrole nitrogens is 1. The first-order valence-corrected chi connectivity index (χ1v) is 9.56. The average molecular weight is 420 g/mol. The highest BCUT2D eigenvalue weighted by molar-refractivity contribution is 5.74. The van der Waals surface area contributed by atoms with Crippen LogP contribution >= 0.6 is 0 Å². The number of hydrogen-bond acceptors (Lipinski definition) is 7. The van der Waals surface area contributed by atoms with Crippen LogP contribution in [0, 0.1) is 11.6 Å². The SMILES string of the molecule is Cn1ncc2c(=O)[nH]c(N3CCN(c4c(F)cc(CC(O)CO)cc4F)CC3)nc21. The van der Waals surface area contributed by atoms with E-state index in [1.165, 1.54) is 23.0 Å². The maximum Gasteiger partial charge on any atom is 0.263 e. The quantitative estimate of drug-likeness (QED) is 0.539. The summed E-state index contributed by atoms with van der Waals surface area (Å²) in [6.45, 7) is 1.01. The summed E-state index contributed by atoms with van der Waals surface area (Å²) in [4.78, 5) is 22.9. The van der Waals surface area contributed by atoms with Gasteiger partial charge >= 0.3 is 0 Å². The maximum atomic E-state index is 14.6. The lowest BCUT2D eigenvalue weighted by Crippen LogP contribution is -2.48. The van der Waals surface area contributed by atoms with E-state index in [-0.39, 0.29) is 23.2 Å². The molecule has 0 radical (unpaired) electrons. The fourth-order valence-electron chi connectivity index (χ4n) is 3.69. The minimum absolute atomic E-state index is 0.0338. The molecular formula is C19H22F2N6O3. The van der Waals surface area contributed by atoms with Crippen LogP contribution in [0.25, 0.3) is 11.0 Å². The van der Waals surface area contributed by atoms with Crippen molar-refractivity contribution >= 4 is 22.7 Å². The average Bonchev–Trinajstić information content (AvgIpc) is 3.09. The Morgan fingerprint density at radius 1 is 1.17 bits per heavy atom. The molecule has 1 fully saturated rings. The number of aromatic amines is 1. The van der Waals surface area contributed by atoms with Gasteiger partial charge in [0.2, 0.25) is 5.95 Å². The number of anilines is 2. The number of piperazine rings is 1. The Kier molecular flexibility index (Phi) is 5.39. The number of halogens is 2. The van der Waals surface area contributed by atoms with Gasteiger partial charge in [0.05, 0.1) is 18.9 Å². The van der Waals surface area contributed by atoms with Crippen LogP contribution in [0.4, 0.5) is 20.4 Å². The molecular weight excluding hydrogens is 398 g/mol. The minimum atomic E-state index is -1.07. The Balaban J connectivity index is 1.51. The predicted octanol–water partition coefficient (Wildman–Crippen LogP) is 0.157. The number of rotatable bonds is 5. The van der Waals surface area contributed by atoms with E-state index in [1.54, 1.807) is 11.9 Å². The number of nitrogens with zero attached hydrogens (tertiary/aromatic N) is 5. The molecule has 3 N–H and O–H groups in total. The Hall–Kier alpha value is -3.05. The van der Waals surface area contributed by atoms with Crippen LogP contribution in [-0.2, 0) is 13.5 Å². The molecule has 2 aromatic heterocycles. The Morgan fingerprint density at radius 2 is 1.80 bits per heavy atom. The van der Waals surface area contributed by atoms with Gasteiger partial charge < -0.3 is 20.0 Å². The molecule has 160 valence electrons. The monoisotopic (exact) mass is 420 g/mol. The molecule has 1 unspecified atom stereocenters. The first-order valence-electron chi connectivity index (χ1n) is 9.56. The zero-order valence-corrected chi connectivity index (χ0v) is 16.3. The second-order valence-corrected chi connectivity index (χ2v) is 7.32. The van der Waals surface area contributed by atoms with Crippen molar-refractivity contribution in [2.75, 3.05) is 42.6 Å². The van der Waals surface area contributed by atoms with Gasteiger partial charge in [0.1, 0.15) is 22.7 Å². The van der Waals surface area contributed by atoms with Crippen LogP contribution in [0.2, 0.25) is 0 Å². The molecule has 1 aliphatic rings. The summed E-state index contributed by atoms with van der Waals surface area (Å²) in [7, 11) is 1.70. The molecule has 1 aromatic carbocycles. The number of aliphatic hydroxyl groups is 2. The summed E-state index contributed by atoms with van der Waals surface area (Å²) >= 11 is 0. The number of nitrogens with one attached hydrogen (secondary N) is 1. The molecule has 0 bridgehead atoms. The number of hydrogen-bond donors (Lipinski definition) is 3. The molecule has 3 heterocycles. The first-order chi connectivity index (χ1) is 14.4. The van der Waals surface area contributed by atoms with Crippen molar-refractivity contribution in [3.05, 3.63) is 45.9 Å². The third-order valence-electron chi connectivity index (χ3n) is 5.24. The van der Waals surface area contributed by atoms with Gasteiger partial charge in [0, 0.05) is 39.6 Å². The molecule has 4 rings (SSSR count). The number of benzene rings is 1. The van der Waals surface area contributed by atoms with E-state index >= 15 is 0 Å². The van der Waals surface area contributed by atoms with Gasteiger partial charge in [-0.05, 0) is 17.7 Å². The van der Waals surface area contributed by atoms with Gasteiger partial charge in [-0.25, -0.2) is 8.78 Å². The van der Waals surface area contributed by atoms with Crippen LogP contribution in [-0.4, -0.2) is 68.9 Å². The van der Waals surface area contributed by atoms with Crippen LogP contribution in [0.3, 0.4) is 0 Å². The molecule has 1 aliphatic heterocycles. The van der Waals surface area contributed by atoms with Crippen molar-refractivity contribution < 1.29 is 19.0 Å². The summed E-state index contributed by atoms with van der Waals surface area (Å²) < 4.78 is 30.7. The smallest absolute Gasteiger partial charge is 0.263 e. The Bertz CT molecular complexity index is 1100. The fraction of sp³-hybridized carbons (Fsp3) is 0.421. The molecule has 0 saturated carbocycles. The van der Waals surface area contributed by atoms with Crippen LogP contribution in [0.1, 0.15) is 5.56 Å². The van der Waals surface area contributed by atoms with E-state index in [1.807, 2.05) is 4.90 Å². The van der Waals surface area contributed by atoms with Crippen molar-refractivity contribution in [3.8, 4) is 0 Å². The highest BCUT2D eigenvalue weighted by Crippen LogP contribution is 2.27. The van der Waals surface area contributed by atoms with Gasteiger partial charge in [-0.2, -0.15) is 10.1 Å². The van der Waals surface area contributed by atoms with E-state index in [9.17, 15) is 18.7 Å². The summed E-state index contributed by atoms with van der Waals surface area (Å²) in [6.07, 6.45) is 0.357. The van der Waals surface area contributed by atoms with E-state index in [0.29, 0.717) is 43.2 Å². The van der Waals surface area contributed by atoms with Crippen molar-refractivity contribution in [3.63, 3.8) is 0 Å². The zero-order chi connectivity index (χ0) is 21.4. The summed E-state index contributed by atoms with van der Waals surface area (Å²) in [6, 6.07) is 2.36. The number of aryl methyl sites for hydroxylation is 1. The van der Waals surface area contributed by atoms with E-state index in [0.717, 1.165) is 0 Å². The number of aliphatic hydroxyl groups excluding tert-OH is 2. The van der Waals surface area contributed by atoms with Crippen LogP contribution in [0.15, 0.2) is 23.1 Å².